The van der Waals surface area contributed by atoms with Crippen molar-refractivity contribution in [3.63, 3.8) is 0 Å². The van der Waals surface area contributed by atoms with Gasteiger partial charge < -0.3 is 89.7 Å². The normalized spacial score (nSPS) is 25.6. The van der Waals surface area contributed by atoms with E-state index in [4.69, 9.17) is 18.9 Å². The summed E-state index contributed by atoms with van der Waals surface area (Å²) in [7, 11) is 2.26. The minimum Gasteiger partial charge on any atom is -0.468 e. The van der Waals surface area contributed by atoms with Crippen LogP contribution in [0.2, 0.25) is 0 Å². The third-order valence-electron chi connectivity index (χ3n) is 11.2. The predicted molar refractivity (Wildman–Crippen MR) is 230 cm³/mol. The Balaban J connectivity index is 1.55. The number of hydrogen-bond acceptors (Lipinski definition) is 20. The summed E-state index contributed by atoms with van der Waals surface area (Å²) in [5, 5.41) is 86.1. The maximum Gasteiger partial charge on any atom is 0.325 e. The maximum atomic E-state index is 14.1. The van der Waals surface area contributed by atoms with Gasteiger partial charge in [0.25, 0.3) is 0 Å². The molecule has 0 bridgehead atoms. The zero-order chi connectivity index (χ0) is 49.9. The van der Waals surface area contributed by atoms with Crippen molar-refractivity contribution in [3.8, 4) is 0 Å². The second kappa shape index (κ2) is 27.7. The molecule has 0 aliphatic carbocycles. The summed E-state index contributed by atoms with van der Waals surface area (Å²) < 4.78 is 31.2. The van der Waals surface area contributed by atoms with Crippen LogP contribution in [-0.2, 0) is 57.2 Å². The van der Waals surface area contributed by atoms with Gasteiger partial charge in [-0.3, -0.25) is 28.8 Å². The van der Waals surface area contributed by atoms with Gasteiger partial charge in [0.2, 0.25) is 23.6 Å². The molecule has 24 nitrogen and oxygen atoms in total. The molecule has 68 heavy (non-hydrogen) atoms. The van der Waals surface area contributed by atoms with E-state index >= 15 is 0 Å². The summed E-state index contributed by atoms with van der Waals surface area (Å²) in [5.41, 5.74) is 0.683. The molecule has 378 valence electrons. The zero-order valence-electron chi connectivity index (χ0n) is 37.6. The van der Waals surface area contributed by atoms with Crippen molar-refractivity contribution < 1.29 is 98.0 Å². The molecule has 10 N–H and O–H groups in total. The molecule has 0 spiro atoms. The van der Waals surface area contributed by atoms with Crippen LogP contribution in [0.15, 0.2) is 60.7 Å². The summed E-state index contributed by atoms with van der Waals surface area (Å²) in [5.74, 6) is -4.66. The Hall–Kier alpha value is -5.22. The Bertz CT molecular complexity index is 1780. The highest BCUT2D eigenvalue weighted by atomic mass is 16.7. The van der Waals surface area contributed by atoms with Crippen LogP contribution in [0.4, 0.5) is 0 Å². The molecule has 24 heteroatoms. The third kappa shape index (κ3) is 15.1. The Morgan fingerprint density at radius 2 is 0.897 bits per heavy atom. The van der Waals surface area contributed by atoms with Crippen molar-refractivity contribution in [2.45, 2.75) is 99.2 Å². The molecule has 2 saturated heterocycles. The molecule has 2 fully saturated rings. The Morgan fingerprint density at radius 1 is 0.544 bits per heavy atom. The lowest BCUT2D eigenvalue weighted by molar-refractivity contribution is -0.299. The minimum absolute atomic E-state index is 0.111. The lowest BCUT2D eigenvalue weighted by atomic mass is 9.99. The zero-order valence-corrected chi connectivity index (χ0v) is 37.6. The fourth-order valence-corrected chi connectivity index (χ4v) is 7.47. The minimum atomic E-state index is -1.83. The standard InChI is InChI=1S/C44H62N4O20/c1-63-31(53)19-45-41(61)33(25-13-7-5-8-14-25)47(29(51)23-65-43-39(59)37(57)35(55)27(21-49)67-43)17-11-3-4-12-18-48(30(52)24-66-44-40(60)38(58)36(56)28(22-50)68-44)34(26-15-9-6-10-16-26)42(62)46-20-32(54)64-2/h5-10,13-16,27-28,33-40,43-44,49-50,55-60H,3-4,11-12,17-24H2,1-2H3,(H,45,61)(H,46,62)/t27-,28-,33?,34?,35-,36-,37+,38+,39+,40+,43+,44+/m1/s1. The monoisotopic (exact) mass is 966 g/mol. The second-order valence-electron chi connectivity index (χ2n) is 15.8. The van der Waals surface area contributed by atoms with Crippen molar-refractivity contribution in [1.29, 1.82) is 0 Å². The second-order valence-corrected chi connectivity index (χ2v) is 15.8. The first-order chi connectivity index (χ1) is 32.6. The van der Waals surface area contributed by atoms with E-state index in [0.717, 1.165) is 14.2 Å². The van der Waals surface area contributed by atoms with Gasteiger partial charge in [-0.25, -0.2) is 0 Å². The number of methoxy groups -OCH3 is 2. The number of esters is 2. The van der Waals surface area contributed by atoms with E-state index in [2.05, 4.69) is 20.1 Å². The number of nitrogens with one attached hydrogen (secondary N) is 2. The first-order valence-corrected chi connectivity index (χ1v) is 21.8. The van der Waals surface area contributed by atoms with Gasteiger partial charge in [0.15, 0.2) is 12.6 Å². The third-order valence-corrected chi connectivity index (χ3v) is 11.2. The van der Waals surface area contributed by atoms with Crippen LogP contribution in [0.3, 0.4) is 0 Å². The van der Waals surface area contributed by atoms with E-state index in [-0.39, 0.29) is 25.9 Å². The number of ether oxygens (including phenoxy) is 6. The number of carbonyl (C=O) groups excluding carboxylic acids is 6. The molecule has 2 aromatic rings. The number of nitrogens with zero attached hydrogens (tertiary/aromatic N) is 2. The van der Waals surface area contributed by atoms with Crippen LogP contribution in [0.1, 0.15) is 48.9 Å². The molecule has 2 heterocycles. The summed E-state index contributed by atoms with van der Waals surface area (Å²) in [6.07, 6.45) is -15.5. The van der Waals surface area contributed by atoms with E-state index in [1.54, 1.807) is 60.7 Å². The molecule has 2 aromatic carbocycles. The van der Waals surface area contributed by atoms with Crippen molar-refractivity contribution >= 4 is 35.6 Å². The highest BCUT2D eigenvalue weighted by Gasteiger charge is 2.46. The number of rotatable bonds is 25. The lowest BCUT2D eigenvalue weighted by Crippen LogP contribution is -2.59. The largest absolute Gasteiger partial charge is 0.468 e. The van der Waals surface area contributed by atoms with Gasteiger partial charge in [0, 0.05) is 13.1 Å². The van der Waals surface area contributed by atoms with E-state index < -0.39 is 149 Å². The number of benzene rings is 2. The predicted octanol–water partition coefficient (Wildman–Crippen LogP) is -4.10. The van der Waals surface area contributed by atoms with E-state index in [1.165, 1.54) is 9.80 Å². The van der Waals surface area contributed by atoms with Gasteiger partial charge in [-0.05, 0) is 24.0 Å². The first-order valence-electron chi connectivity index (χ1n) is 21.8. The molecule has 2 unspecified atom stereocenters. The molecule has 0 saturated carbocycles. The van der Waals surface area contributed by atoms with E-state index in [1.807, 2.05) is 0 Å². The van der Waals surface area contributed by atoms with Gasteiger partial charge in [-0.1, -0.05) is 73.5 Å². The van der Waals surface area contributed by atoms with Crippen LogP contribution >= 0.6 is 0 Å². The SMILES string of the molecule is COC(=O)CNC(=O)C(c1ccccc1)N(CCCCCCN(C(=O)CO[C@H]1O[C@H](CO)[C@@H](O)[C@H](O)[C@@H]1O)C(C(=O)NCC(=O)OC)c1ccccc1)C(=O)CO[C@H]1O[C@H](CO)[C@@H](O)[C@H](O)[C@@H]1O. The smallest absolute Gasteiger partial charge is 0.325 e. The summed E-state index contributed by atoms with van der Waals surface area (Å²) in [6.45, 7) is -4.43. The average Bonchev–Trinajstić information content (AvgIpc) is 3.35. The summed E-state index contributed by atoms with van der Waals surface area (Å²) >= 11 is 0. The number of aliphatic hydroxyl groups excluding tert-OH is 8. The van der Waals surface area contributed by atoms with Crippen LogP contribution in [0, 0.1) is 0 Å². The van der Waals surface area contributed by atoms with Crippen LogP contribution in [0.5, 0.6) is 0 Å². The van der Waals surface area contributed by atoms with Crippen molar-refractivity contribution in [1.82, 2.24) is 20.4 Å². The Kier molecular flexibility index (Phi) is 22.6. The van der Waals surface area contributed by atoms with Gasteiger partial charge in [0.05, 0.1) is 27.4 Å². The van der Waals surface area contributed by atoms with Gasteiger partial charge in [-0.2, -0.15) is 0 Å². The number of hydrogen-bond donors (Lipinski definition) is 10. The molecular weight excluding hydrogens is 904 g/mol. The lowest BCUT2D eigenvalue weighted by Gasteiger charge is -2.40. The van der Waals surface area contributed by atoms with Crippen LogP contribution < -0.4 is 10.6 Å². The molecule has 4 rings (SSSR count). The molecule has 0 radical (unpaired) electrons. The summed E-state index contributed by atoms with van der Waals surface area (Å²) in [6, 6.07) is 13.5. The topological polar surface area (TPSA) is 350 Å². The highest BCUT2D eigenvalue weighted by Crippen LogP contribution is 2.28. The maximum absolute atomic E-state index is 14.1. The van der Waals surface area contributed by atoms with E-state index in [9.17, 15) is 69.6 Å². The molecule has 12 atom stereocenters. The fraction of sp³-hybridized carbons (Fsp3) is 0.591. The molecule has 4 amide bonds. The molecule has 2 aliphatic heterocycles. The fourth-order valence-electron chi connectivity index (χ4n) is 7.47. The van der Waals surface area contributed by atoms with Crippen molar-refractivity contribution in [2.75, 3.05) is 66.8 Å². The Morgan fingerprint density at radius 3 is 1.22 bits per heavy atom. The molecule has 0 aromatic heterocycles. The van der Waals surface area contributed by atoms with Gasteiger partial charge >= 0.3 is 11.9 Å². The van der Waals surface area contributed by atoms with Crippen molar-refractivity contribution in [3.05, 3.63) is 71.8 Å². The van der Waals surface area contributed by atoms with Crippen LogP contribution in [0.25, 0.3) is 0 Å². The quantitative estimate of drug-likeness (QED) is 0.0334. The number of unbranched alkanes of at least 4 members (excludes halogenated alkanes) is 3. The van der Waals surface area contributed by atoms with Crippen LogP contribution in [-0.4, -0.2) is 214 Å². The van der Waals surface area contributed by atoms with E-state index in [0.29, 0.717) is 24.0 Å². The summed E-state index contributed by atoms with van der Waals surface area (Å²) in [4.78, 5) is 82.1. The number of amides is 4. The average molecular weight is 967 g/mol. The number of aliphatic hydroxyl groups is 8. The first kappa shape index (κ1) is 55.4. The number of carbonyl (C=O) groups is 6. The molecular formula is C44H62N4O20. The Labute approximate surface area is 391 Å². The van der Waals surface area contributed by atoms with Gasteiger partial charge in [-0.15, -0.1) is 0 Å². The highest BCUT2D eigenvalue weighted by molar-refractivity contribution is 5.92. The van der Waals surface area contributed by atoms with Crippen molar-refractivity contribution in [2.24, 2.45) is 0 Å². The molecule has 2 aliphatic rings. The van der Waals surface area contributed by atoms with Gasteiger partial charge in [0.1, 0.15) is 87.2 Å².